The lowest BCUT2D eigenvalue weighted by Crippen LogP contribution is -2.37. The van der Waals surface area contributed by atoms with E-state index < -0.39 is 0 Å². The quantitative estimate of drug-likeness (QED) is 0.347. The number of thioether (sulfide) groups is 1. The number of halogens is 1. The van der Waals surface area contributed by atoms with Gasteiger partial charge in [-0.2, -0.15) is 0 Å². The van der Waals surface area contributed by atoms with Gasteiger partial charge >= 0.3 is 0 Å². The van der Waals surface area contributed by atoms with Crippen molar-refractivity contribution in [3.8, 4) is 0 Å². The SMILES string of the molecule is C=C(C)CC(CSc1ccc(F)cc1)NN. The molecule has 1 aromatic carbocycles. The summed E-state index contributed by atoms with van der Waals surface area (Å²) in [5.41, 5.74) is 3.86. The highest BCUT2D eigenvalue weighted by molar-refractivity contribution is 7.99. The summed E-state index contributed by atoms with van der Waals surface area (Å²) >= 11 is 1.65. The second-order valence-electron chi connectivity index (χ2n) is 3.79. The predicted octanol–water partition coefficient (Wildman–Crippen LogP) is 2.72. The third-order valence-electron chi connectivity index (χ3n) is 2.10. The molecule has 1 aromatic rings. The Hall–Kier alpha value is -0.840. The Morgan fingerprint density at radius 3 is 2.62 bits per heavy atom. The highest BCUT2D eigenvalue weighted by Gasteiger charge is 2.07. The molecule has 1 unspecified atom stereocenters. The van der Waals surface area contributed by atoms with E-state index in [0.29, 0.717) is 0 Å². The molecule has 4 heteroatoms. The Morgan fingerprint density at radius 1 is 1.50 bits per heavy atom. The van der Waals surface area contributed by atoms with E-state index >= 15 is 0 Å². The summed E-state index contributed by atoms with van der Waals surface area (Å²) in [4.78, 5) is 1.04. The third kappa shape index (κ3) is 4.79. The Labute approximate surface area is 100 Å². The second-order valence-corrected chi connectivity index (χ2v) is 4.88. The lowest BCUT2D eigenvalue weighted by molar-refractivity contribution is 0.574. The van der Waals surface area contributed by atoms with Gasteiger partial charge in [0.2, 0.25) is 0 Å². The number of hydrazine groups is 1. The minimum absolute atomic E-state index is 0.201. The van der Waals surface area contributed by atoms with Crippen molar-refractivity contribution in [1.82, 2.24) is 5.43 Å². The van der Waals surface area contributed by atoms with Crippen LogP contribution in [0.15, 0.2) is 41.3 Å². The van der Waals surface area contributed by atoms with Crippen LogP contribution in [0.5, 0.6) is 0 Å². The molecule has 3 N–H and O–H groups in total. The molecule has 1 atom stereocenters. The first-order chi connectivity index (χ1) is 7.61. The van der Waals surface area contributed by atoms with E-state index in [-0.39, 0.29) is 11.9 Å². The molecule has 0 radical (unpaired) electrons. The fourth-order valence-corrected chi connectivity index (χ4v) is 2.25. The molecular weight excluding hydrogens is 223 g/mol. The molecule has 0 bridgehead atoms. The van der Waals surface area contributed by atoms with Gasteiger partial charge < -0.3 is 0 Å². The van der Waals surface area contributed by atoms with Crippen LogP contribution in [0.1, 0.15) is 13.3 Å². The lowest BCUT2D eigenvalue weighted by atomic mass is 10.1. The van der Waals surface area contributed by atoms with Crippen molar-refractivity contribution >= 4 is 11.8 Å². The molecule has 0 fully saturated rings. The zero-order chi connectivity index (χ0) is 12.0. The molecule has 0 saturated carbocycles. The Morgan fingerprint density at radius 2 is 2.12 bits per heavy atom. The van der Waals surface area contributed by atoms with Crippen molar-refractivity contribution < 1.29 is 4.39 Å². The number of nitrogens with two attached hydrogens (primary N) is 1. The fraction of sp³-hybridized carbons (Fsp3) is 0.333. The van der Waals surface area contributed by atoms with E-state index in [1.54, 1.807) is 23.9 Å². The smallest absolute Gasteiger partial charge is 0.123 e. The topological polar surface area (TPSA) is 38.0 Å². The van der Waals surface area contributed by atoms with Crippen LogP contribution in [0.2, 0.25) is 0 Å². The molecule has 0 aliphatic rings. The first-order valence-electron chi connectivity index (χ1n) is 5.10. The summed E-state index contributed by atoms with van der Waals surface area (Å²) in [6.45, 7) is 5.83. The van der Waals surface area contributed by atoms with Crippen LogP contribution in [-0.4, -0.2) is 11.8 Å². The molecule has 0 aliphatic heterocycles. The normalized spacial score (nSPS) is 12.4. The minimum atomic E-state index is -0.209. The van der Waals surface area contributed by atoms with Crippen molar-refractivity contribution in [2.24, 2.45) is 5.84 Å². The standard InChI is InChI=1S/C12H17FN2S/c1-9(2)7-11(15-14)8-16-12-5-3-10(13)4-6-12/h3-6,11,15H,1,7-8,14H2,2H3. The molecule has 0 saturated heterocycles. The van der Waals surface area contributed by atoms with E-state index in [1.807, 2.05) is 6.92 Å². The second kappa shape index (κ2) is 6.68. The summed E-state index contributed by atoms with van der Waals surface area (Å²) in [6, 6.07) is 6.67. The van der Waals surface area contributed by atoms with Gasteiger partial charge in [0.05, 0.1) is 0 Å². The molecule has 0 amide bonds. The fourth-order valence-electron chi connectivity index (χ4n) is 1.31. The Bertz CT molecular complexity index is 337. The first-order valence-corrected chi connectivity index (χ1v) is 6.09. The zero-order valence-corrected chi connectivity index (χ0v) is 10.2. The molecule has 1 rings (SSSR count). The van der Waals surface area contributed by atoms with Gasteiger partial charge in [0.1, 0.15) is 5.82 Å². The molecule has 0 heterocycles. The van der Waals surface area contributed by atoms with Gasteiger partial charge in [-0.25, -0.2) is 4.39 Å². The van der Waals surface area contributed by atoms with E-state index in [2.05, 4.69) is 12.0 Å². The first kappa shape index (κ1) is 13.2. The van der Waals surface area contributed by atoms with Crippen LogP contribution in [-0.2, 0) is 0 Å². The van der Waals surface area contributed by atoms with Crippen molar-refractivity contribution in [1.29, 1.82) is 0 Å². The number of hydrogen-bond donors (Lipinski definition) is 2. The average molecular weight is 240 g/mol. The molecule has 0 aliphatic carbocycles. The van der Waals surface area contributed by atoms with Gasteiger partial charge in [0.25, 0.3) is 0 Å². The molecule has 16 heavy (non-hydrogen) atoms. The van der Waals surface area contributed by atoms with Crippen LogP contribution >= 0.6 is 11.8 Å². The zero-order valence-electron chi connectivity index (χ0n) is 9.37. The number of nitrogens with one attached hydrogen (secondary N) is 1. The van der Waals surface area contributed by atoms with Gasteiger partial charge in [-0.05, 0) is 37.6 Å². The molecular formula is C12H17FN2S. The van der Waals surface area contributed by atoms with Crippen LogP contribution in [0.3, 0.4) is 0 Å². The largest absolute Gasteiger partial charge is 0.271 e. The van der Waals surface area contributed by atoms with Gasteiger partial charge in [0.15, 0.2) is 0 Å². The van der Waals surface area contributed by atoms with E-state index in [4.69, 9.17) is 5.84 Å². The van der Waals surface area contributed by atoms with Crippen molar-refractivity contribution in [3.63, 3.8) is 0 Å². The van der Waals surface area contributed by atoms with E-state index in [1.165, 1.54) is 12.1 Å². The van der Waals surface area contributed by atoms with Crippen LogP contribution < -0.4 is 11.3 Å². The molecule has 88 valence electrons. The summed E-state index contributed by atoms with van der Waals surface area (Å²) in [5, 5.41) is 0. The van der Waals surface area contributed by atoms with Crippen molar-refractivity contribution in [3.05, 3.63) is 42.2 Å². The van der Waals surface area contributed by atoms with Gasteiger partial charge in [-0.3, -0.25) is 11.3 Å². The van der Waals surface area contributed by atoms with Crippen LogP contribution in [0.4, 0.5) is 4.39 Å². The van der Waals surface area contributed by atoms with Crippen molar-refractivity contribution in [2.75, 3.05) is 5.75 Å². The van der Waals surface area contributed by atoms with Crippen LogP contribution in [0.25, 0.3) is 0 Å². The highest BCUT2D eigenvalue weighted by Crippen LogP contribution is 2.20. The average Bonchev–Trinajstić information content (AvgIpc) is 2.26. The Kier molecular flexibility index (Phi) is 5.52. The molecule has 2 nitrogen and oxygen atoms in total. The summed E-state index contributed by atoms with van der Waals surface area (Å²) in [7, 11) is 0. The summed E-state index contributed by atoms with van der Waals surface area (Å²) in [6.07, 6.45) is 0.852. The van der Waals surface area contributed by atoms with Gasteiger partial charge in [0, 0.05) is 16.7 Å². The summed E-state index contributed by atoms with van der Waals surface area (Å²) < 4.78 is 12.7. The number of rotatable bonds is 6. The van der Waals surface area contributed by atoms with Crippen LogP contribution in [0, 0.1) is 5.82 Å². The monoisotopic (exact) mass is 240 g/mol. The van der Waals surface area contributed by atoms with E-state index in [0.717, 1.165) is 22.6 Å². The minimum Gasteiger partial charge on any atom is -0.271 e. The summed E-state index contributed by atoms with van der Waals surface area (Å²) in [5.74, 6) is 6.08. The number of benzene rings is 1. The Balaban J connectivity index is 2.43. The lowest BCUT2D eigenvalue weighted by Gasteiger charge is -2.15. The van der Waals surface area contributed by atoms with E-state index in [9.17, 15) is 4.39 Å². The maximum atomic E-state index is 12.7. The third-order valence-corrected chi connectivity index (χ3v) is 3.27. The highest BCUT2D eigenvalue weighted by atomic mass is 32.2. The maximum absolute atomic E-state index is 12.7. The molecule has 0 aromatic heterocycles. The van der Waals surface area contributed by atoms with Gasteiger partial charge in [-0.15, -0.1) is 18.3 Å². The predicted molar refractivity (Wildman–Crippen MR) is 67.7 cm³/mol. The van der Waals surface area contributed by atoms with Gasteiger partial charge in [-0.1, -0.05) is 5.57 Å². The maximum Gasteiger partial charge on any atom is 0.123 e. The molecule has 0 spiro atoms. The van der Waals surface area contributed by atoms with Crippen molar-refractivity contribution in [2.45, 2.75) is 24.3 Å². The number of hydrogen-bond acceptors (Lipinski definition) is 3.